The smallest absolute Gasteiger partial charge is 0.419 e. The van der Waals surface area contributed by atoms with Crippen molar-refractivity contribution in [2.75, 3.05) is 19.7 Å². The molecule has 0 aliphatic carbocycles. The van der Waals surface area contributed by atoms with Gasteiger partial charge in [-0.05, 0) is 50.4 Å². The Morgan fingerprint density at radius 1 is 1.33 bits per heavy atom. The molecular formula is C17H22F3NO3. The second-order valence-electron chi connectivity index (χ2n) is 6.05. The highest BCUT2D eigenvalue weighted by molar-refractivity contribution is 5.73. The number of carboxylic acid groups (broad SMARTS) is 1. The van der Waals surface area contributed by atoms with E-state index in [-0.39, 0.29) is 18.3 Å². The average molecular weight is 345 g/mol. The van der Waals surface area contributed by atoms with Gasteiger partial charge in [-0.25, -0.2) is 0 Å². The van der Waals surface area contributed by atoms with Crippen LogP contribution in [-0.2, 0) is 11.0 Å². The molecule has 1 aliphatic rings. The third kappa shape index (κ3) is 4.63. The lowest BCUT2D eigenvalue weighted by atomic mass is 9.96. The summed E-state index contributed by atoms with van der Waals surface area (Å²) >= 11 is 0. The van der Waals surface area contributed by atoms with Gasteiger partial charge in [0.05, 0.1) is 12.2 Å². The highest BCUT2D eigenvalue weighted by atomic mass is 19.4. The number of hydrogen-bond donors (Lipinski definition) is 1. The summed E-state index contributed by atoms with van der Waals surface area (Å²) in [5, 5.41) is 9.18. The molecule has 1 aromatic carbocycles. The van der Waals surface area contributed by atoms with Crippen LogP contribution in [0.15, 0.2) is 24.3 Å². The molecule has 0 bridgehead atoms. The van der Waals surface area contributed by atoms with Crippen LogP contribution in [0.4, 0.5) is 13.2 Å². The predicted molar refractivity (Wildman–Crippen MR) is 83.0 cm³/mol. The molecule has 0 amide bonds. The lowest BCUT2D eigenvalue weighted by Crippen LogP contribution is -2.46. The molecule has 0 radical (unpaired) electrons. The lowest BCUT2D eigenvalue weighted by Gasteiger charge is -2.35. The fraction of sp³-hybridized carbons (Fsp3) is 0.588. The number of para-hydroxylation sites is 1. The van der Waals surface area contributed by atoms with E-state index >= 15 is 0 Å². The Bertz CT molecular complexity index is 554. The summed E-state index contributed by atoms with van der Waals surface area (Å²) in [5.74, 6) is -0.843. The molecule has 1 N–H and O–H groups in total. The number of likely N-dealkylation sites (tertiary alicyclic amines) is 1. The van der Waals surface area contributed by atoms with Gasteiger partial charge in [0.2, 0.25) is 0 Å². The fourth-order valence-corrected chi connectivity index (χ4v) is 3.05. The normalized spacial score (nSPS) is 18.3. The van der Waals surface area contributed by atoms with Crippen molar-refractivity contribution in [1.82, 2.24) is 4.90 Å². The van der Waals surface area contributed by atoms with Crippen LogP contribution >= 0.6 is 0 Å². The summed E-state index contributed by atoms with van der Waals surface area (Å²) in [6.07, 6.45) is -2.46. The largest absolute Gasteiger partial charge is 0.493 e. The van der Waals surface area contributed by atoms with E-state index in [1.54, 1.807) is 0 Å². The van der Waals surface area contributed by atoms with E-state index in [4.69, 9.17) is 4.74 Å². The zero-order chi connectivity index (χ0) is 17.7. The van der Waals surface area contributed by atoms with Gasteiger partial charge in [-0.15, -0.1) is 0 Å². The molecule has 24 heavy (non-hydrogen) atoms. The Kier molecular flexibility index (Phi) is 6.10. The van der Waals surface area contributed by atoms with E-state index < -0.39 is 23.8 Å². The van der Waals surface area contributed by atoms with Crippen LogP contribution in [0.1, 0.15) is 31.7 Å². The summed E-state index contributed by atoms with van der Waals surface area (Å²) in [4.78, 5) is 13.1. The van der Waals surface area contributed by atoms with Crippen molar-refractivity contribution in [3.63, 3.8) is 0 Å². The van der Waals surface area contributed by atoms with Gasteiger partial charge in [0.15, 0.2) is 0 Å². The van der Waals surface area contributed by atoms with Crippen molar-refractivity contribution in [3.05, 3.63) is 29.8 Å². The molecule has 7 heteroatoms. The van der Waals surface area contributed by atoms with Crippen LogP contribution < -0.4 is 4.74 Å². The van der Waals surface area contributed by atoms with Crippen molar-refractivity contribution in [3.8, 4) is 5.75 Å². The van der Waals surface area contributed by atoms with Crippen molar-refractivity contribution in [2.24, 2.45) is 5.92 Å². The number of rotatable bonds is 6. The standard InChI is InChI=1S/C17H22F3NO3/c1-2-14(16(22)23)21-9-7-12(8-10-21)11-24-15-6-4-3-5-13(15)17(18,19)20/h3-6,12,14H,2,7-11H2,1H3,(H,22,23). The second-order valence-corrected chi connectivity index (χ2v) is 6.05. The monoisotopic (exact) mass is 345 g/mol. The maximum atomic E-state index is 12.9. The first-order valence-electron chi connectivity index (χ1n) is 8.08. The van der Waals surface area contributed by atoms with Gasteiger partial charge in [0.25, 0.3) is 0 Å². The maximum Gasteiger partial charge on any atom is 0.419 e. The molecule has 0 aromatic heterocycles. The van der Waals surface area contributed by atoms with Crippen LogP contribution in [0.25, 0.3) is 0 Å². The minimum atomic E-state index is -4.43. The molecule has 1 saturated heterocycles. The van der Waals surface area contributed by atoms with Gasteiger partial charge in [-0.2, -0.15) is 13.2 Å². The molecule has 134 valence electrons. The number of aliphatic carboxylic acids is 1. The summed E-state index contributed by atoms with van der Waals surface area (Å²) in [7, 11) is 0. The van der Waals surface area contributed by atoms with E-state index in [1.807, 2.05) is 11.8 Å². The van der Waals surface area contributed by atoms with E-state index in [0.717, 1.165) is 18.9 Å². The van der Waals surface area contributed by atoms with Crippen LogP contribution in [0.3, 0.4) is 0 Å². The van der Waals surface area contributed by atoms with Crippen LogP contribution in [0.5, 0.6) is 5.75 Å². The topological polar surface area (TPSA) is 49.8 Å². The van der Waals surface area contributed by atoms with Gasteiger partial charge < -0.3 is 9.84 Å². The highest BCUT2D eigenvalue weighted by Crippen LogP contribution is 2.36. The van der Waals surface area contributed by atoms with Gasteiger partial charge >= 0.3 is 12.1 Å². The molecule has 1 atom stereocenters. The van der Waals surface area contributed by atoms with Crippen LogP contribution in [0, 0.1) is 5.92 Å². The second kappa shape index (κ2) is 7.88. The summed E-state index contributed by atoms with van der Waals surface area (Å²) in [6.45, 7) is 3.30. The van der Waals surface area contributed by atoms with Crippen molar-refractivity contribution >= 4 is 5.97 Å². The molecule has 0 saturated carbocycles. The number of carbonyl (C=O) groups is 1. The van der Waals surface area contributed by atoms with E-state index in [0.29, 0.717) is 19.5 Å². The third-order valence-electron chi connectivity index (χ3n) is 4.43. The molecule has 1 aliphatic heterocycles. The first kappa shape index (κ1) is 18.6. The van der Waals surface area contributed by atoms with E-state index in [1.165, 1.54) is 18.2 Å². The van der Waals surface area contributed by atoms with Crippen molar-refractivity contribution in [2.45, 2.75) is 38.4 Å². The third-order valence-corrected chi connectivity index (χ3v) is 4.43. The number of carboxylic acids is 1. The zero-order valence-corrected chi connectivity index (χ0v) is 13.6. The molecule has 1 heterocycles. The van der Waals surface area contributed by atoms with Crippen LogP contribution in [-0.4, -0.2) is 41.7 Å². The molecule has 1 fully saturated rings. The number of benzene rings is 1. The first-order valence-corrected chi connectivity index (χ1v) is 8.08. The van der Waals surface area contributed by atoms with Gasteiger partial charge in [-0.1, -0.05) is 19.1 Å². The van der Waals surface area contributed by atoms with Gasteiger partial charge in [0.1, 0.15) is 11.8 Å². The number of alkyl halides is 3. The minimum absolute atomic E-state index is 0.133. The Balaban J connectivity index is 1.89. The quantitative estimate of drug-likeness (QED) is 0.855. The van der Waals surface area contributed by atoms with E-state index in [9.17, 15) is 23.1 Å². The minimum Gasteiger partial charge on any atom is -0.493 e. The Labute approximate surface area is 139 Å². The summed E-state index contributed by atoms with van der Waals surface area (Å²) in [6, 6.07) is 4.71. The predicted octanol–water partition coefficient (Wildman–Crippen LogP) is 3.66. The lowest BCUT2D eigenvalue weighted by molar-refractivity contribution is -0.144. The summed E-state index contributed by atoms with van der Waals surface area (Å²) in [5.41, 5.74) is -0.764. The Hall–Kier alpha value is -1.76. The number of halogens is 3. The molecular weight excluding hydrogens is 323 g/mol. The number of piperidine rings is 1. The Morgan fingerprint density at radius 3 is 2.50 bits per heavy atom. The van der Waals surface area contributed by atoms with Crippen LogP contribution in [0.2, 0.25) is 0 Å². The summed E-state index contributed by atoms with van der Waals surface area (Å²) < 4.78 is 44.2. The first-order chi connectivity index (χ1) is 11.3. The zero-order valence-electron chi connectivity index (χ0n) is 13.6. The molecule has 1 aromatic rings. The Morgan fingerprint density at radius 2 is 1.96 bits per heavy atom. The van der Waals surface area contributed by atoms with Gasteiger partial charge in [-0.3, -0.25) is 9.69 Å². The van der Waals surface area contributed by atoms with Gasteiger partial charge in [0, 0.05) is 0 Å². The fourth-order valence-electron chi connectivity index (χ4n) is 3.05. The number of nitrogens with zero attached hydrogens (tertiary/aromatic N) is 1. The maximum absolute atomic E-state index is 12.9. The molecule has 0 spiro atoms. The number of hydrogen-bond acceptors (Lipinski definition) is 3. The van der Waals surface area contributed by atoms with E-state index in [2.05, 4.69) is 0 Å². The average Bonchev–Trinajstić information content (AvgIpc) is 2.54. The SMILES string of the molecule is CCC(C(=O)O)N1CCC(COc2ccccc2C(F)(F)F)CC1. The molecule has 1 unspecified atom stereocenters. The van der Waals surface area contributed by atoms with Crippen molar-refractivity contribution in [1.29, 1.82) is 0 Å². The number of ether oxygens (including phenoxy) is 1. The van der Waals surface area contributed by atoms with Crippen molar-refractivity contribution < 1.29 is 27.8 Å². The highest BCUT2D eigenvalue weighted by Gasteiger charge is 2.34. The molecule has 2 rings (SSSR count). The molecule has 4 nitrogen and oxygen atoms in total.